The molecule has 1 aromatic heterocycles. The van der Waals surface area contributed by atoms with Crippen LogP contribution in [-0.2, 0) is 9.59 Å². The van der Waals surface area contributed by atoms with E-state index in [1.54, 1.807) is 37.3 Å². The number of carbonyl (C=O) groups is 2. The lowest BCUT2D eigenvalue weighted by Gasteiger charge is -2.36. The molecule has 0 spiro atoms. The fourth-order valence-corrected chi connectivity index (χ4v) is 4.52. The van der Waals surface area contributed by atoms with Crippen LogP contribution in [-0.4, -0.2) is 73.6 Å². The minimum absolute atomic E-state index is 0.0269. The number of hydrogen-bond donors (Lipinski definition) is 0. The van der Waals surface area contributed by atoms with E-state index in [0.717, 1.165) is 17.3 Å². The van der Waals surface area contributed by atoms with Gasteiger partial charge in [-0.2, -0.15) is 0 Å². The van der Waals surface area contributed by atoms with Crippen molar-refractivity contribution in [1.82, 2.24) is 14.9 Å². The molecule has 1 aromatic carbocycles. The van der Waals surface area contributed by atoms with E-state index in [-0.39, 0.29) is 30.1 Å². The summed E-state index contributed by atoms with van der Waals surface area (Å²) in [6.07, 6.45) is 0.197. The molecule has 34 heavy (non-hydrogen) atoms. The number of carbonyl (C=O) groups excluding carboxylic acids is 2. The Morgan fingerprint density at radius 1 is 1.06 bits per heavy atom. The van der Waals surface area contributed by atoms with Gasteiger partial charge in [0.15, 0.2) is 0 Å². The van der Waals surface area contributed by atoms with Gasteiger partial charge >= 0.3 is 0 Å². The van der Waals surface area contributed by atoms with E-state index < -0.39 is 0 Å². The van der Waals surface area contributed by atoms with Crippen molar-refractivity contribution >= 4 is 23.3 Å². The SMILES string of the molecule is COc1ccc(OC)c(N2CC(C(=O)N3CCN(c4cc(C)nc(C(C)C)n4)CC3)CC2=O)c1. The van der Waals surface area contributed by atoms with Crippen molar-refractivity contribution in [1.29, 1.82) is 0 Å². The van der Waals surface area contributed by atoms with Crippen LogP contribution >= 0.6 is 0 Å². The second-order valence-electron chi connectivity index (χ2n) is 9.14. The molecule has 2 aromatic rings. The van der Waals surface area contributed by atoms with Gasteiger partial charge in [0.25, 0.3) is 0 Å². The highest BCUT2D eigenvalue weighted by Gasteiger charge is 2.39. The van der Waals surface area contributed by atoms with Crippen LogP contribution in [0.25, 0.3) is 0 Å². The normalized spacial score (nSPS) is 18.6. The minimum atomic E-state index is -0.371. The summed E-state index contributed by atoms with van der Waals surface area (Å²) in [5, 5.41) is 0. The largest absolute Gasteiger partial charge is 0.497 e. The molecule has 1 unspecified atom stereocenters. The van der Waals surface area contributed by atoms with E-state index >= 15 is 0 Å². The van der Waals surface area contributed by atoms with Gasteiger partial charge in [0.2, 0.25) is 11.8 Å². The Kier molecular flexibility index (Phi) is 6.90. The Balaban J connectivity index is 1.41. The monoisotopic (exact) mass is 467 g/mol. The number of hydrogen-bond acceptors (Lipinski definition) is 7. The molecule has 3 heterocycles. The lowest BCUT2D eigenvalue weighted by atomic mass is 10.1. The van der Waals surface area contributed by atoms with Crippen LogP contribution in [0.5, 0.6) is 11.5 Å². The second-order valence-corrected chi connectivity index (χ2v) is 9.14. The average molecular weight is 468 g/mol. The first-order chi connectivity index (χ1) is 16.3. The van der Waals surface area contributed by atoms with Crippen molar-refractivity contribution in [3.8, 4) is 11.5 Å². The molecule has 0 radical (unpaired) electrons. The number of amides is 2. The number of anilines is 2. The molecule has 9 heteroatoms. The third kappa shape index (κ3) is 4.78. The molecule has 2 aliphatic heterocycles. The number of ether oxygens (including phenoxy) is 2. The van der Waals surface area contributed by atoms with Crippen LogP contribution in [0.15, 0.2) is 24.3 Å². The third-order valence-electron chi connectivity index (χ3n) is 6.44. The minimum Gasteiger partial charge on any atom is -0.497 e. The Labute approximate surface area is 200 Å². The molecule has 0 aliphatic carbocycles. The Morgan fingerprint density at radius 3 is 2.44 bits per heavy atom. The average Bonchev–Trinajstić information content (AvgIpc) is 3.24. The van der Waals surface area contributed by atoms with Gasteiger partial charge in [-0.3, -0.25) is 9.59 Å². The maximum atomic E-state index is 13.3. The predicted molar refractivity (Wildman–Crippen MR) is 130 cm³/mol. The van der Waals surface area contributed by atoms with Gasteiger partial charge in [-0.15, -0.1) is 0 Å². The van der Waals surface area contributed by atoms with Crippen molar-refractivity contribution in [2.75, 3.05) is 56.7 Å². The first kappa shape index (κ1) is 23.8. The molecule has 9 nitrogen and oxygen atoms in total. The Bertz CT molecular complexity index is 1070. The zero-order valence-corrected chi connectivity index (χ0v) is 20.6. The summed E-state index contributed by atoms with van der Waals surface area (Å²) in [4.78, 5) is 41.1. The van der Waals surface area contributed by atoms with Crippen molar-refractivity contribution in [3.05, 3.63) is 35.8 Å². The topological polar surface area (TPSA) is 88.1 Å². The number of methoxy groups -OCH3 is 2. The van der Waals surface area contributed by atoms with Crippen molar-refractivity contribution in [3.63, 3.8) is 0 Å². The van der Waals surface area contributed by atoms with Crippen LogP contribution in [0.1, 0.15) is 37.7 Å². The third-order valence-corrected chi connectivity index (χ3v) is 6.44. The van der Waals surface area contributed by atoms with E-state index in [2.05, 4.69) is 23.7 Å². The molecular formula is C25H33N5O4. The first-order valence-electron chi connectivity index (χ1n) is 11.7. The molecule has 2 aliphatic rings. The smallest absolute Gasteiger partial charge is 0.228 e. The predicted octanol–water partition coefficient (Wildman–Crippen LogP) is 2.63. The van der Waals surface area contributed by atoms with Gasteiger partial charge in [0, 0.05) is 62.9 Å². The quantitative estimate of drug-likeness (QED) is 0.645. The molecule has 0 saturated carbocycles. The number of nitrogens with zero attached hydrogens (tertiary/aromatic N) is 5. The number of aromatic nitrogens is 2. The van der Waals surface area contributed by atoms with Crippen LogP contribution in [0.3, 0.4) is 0 Å². The van der Waals surface area contributed by atoms with Crippen LogP contribution in [0.4, 0.5) is 11.5 Å². The summed E-state index contributed by atoms with van der Waals surface area (Å²) in [5.74, 6) is 2.80. The summed E-state index contributed by atoms with van der Waals surface area (Å²) in [6, 6.07) is 7.33. The second kappa shape index (κ2) is 9.87. The highest BCUT2D eigenvalue weighted by atomic mass is 16.5. The zero-order valence-electron chi connectivity index (χ0n) is 20.6. The number of aryl methyl sites for hydroxylation is 1. The number of piperazine rings is 1. The summed E-state index contributed by atoms with van der Waals surface area (Å²) in [5.41, 5.74) is 1.58. The van der Waals surface area contributed by atoms with Gasteiger partial charge < -0.3 is 24.2 Å². The highest BCUT2D eigenvalue weighted by Crippen LogP contribution is 2.36. The summed E-state index contributed by atoms with van der Waals surface area (Å²) < 4.78 is 10.8. The number of rotatable bonds is 6. The van der Waals surface area contributed by atoms with Crippen molar-refractivity contribution < 1.29 is 19.1 Å². The molecular weight excluding hydrogens is 434 g/mol. The van der Waals surface area contributed by atoms with E-state index in [9.17, 15) is 9.59 Å². The number of benzene rings is 1. The first-order valence-corrected chi connectivity index (χ1v) is 11.7. The molecule has 1 atom stereocenters. The van der Waals surface area contributed by atoms with Gasteiger partial charge in [0.05, 0.1) is 25.8 Å². The fraction of sp³-hybridized carbons (Fsp3) is 0.520. The zero-order chi connectivity index (χ0) is 24.4. The van der Waals surface area contributed by atoms with Gasteiger partial charge in [-0.25, -0.2) is 9.97 Å². The molecule has 4 rings (SSSR count). The maximum absolute atomic E-state index is 13.3. The van der Waals surface area contributed by atoms with E-state index in [0.29, 0.717) is 49.9 Å². The van der Waals surface area contributed by atoms with Gasteiger partial charge in [-0.05, 0) is 19.1 Å². The molecule has 182 valence electrons. The molecule has 0 N–H and O–H groups in total. The Morgan fingerprint density at radius 2 is 1.79 bits per heavy atom. The van der Waals surface area contributed by atoms with E-state index in [1.165, 1.54) is 0 Å². The summed E-state index contributed by atoms with van der Waals surface area (Å²) in [7, 11) is 3.15. The lowest BCUT2D eigenvalue weighted by molar-refractivity contribution is -0.136. The maximum Gasteiger partial charge on any atom is 0.228 e. The highest BCUT2D eigenvalue weighted by molar-refractivity contribution is 6.01. The van der Waals surface area contributed by atoms with Gasteiger partial charge in [-0.1, -0.05) is 13.8 Å². The van der Waals surface area contributed by atoms with E-state index in [4.69, 9.17) is 14.5 Å². The Hall–Kier alpha value is -3.36. The lowest BCUT2D eigenvalue weighted by Crippen LogP contribution is -2.51. The summed E-state index contributed by atoms with van der Waals surface area (Å²) in [6.45, 7) is 9.10. The van der Waals surface area contributed by atoms with Crippen LogP contribution in [0, 0.1) is 12.8 Å². The standard InChI is InChI=1S/C25H33N5O4/c1-16(2)24-26-17(3)12-22(27-24)28-8-10-29(11-9-28)25(32)18-13-23(31)30(15-18)20-14-19(33-4)6-7-21(20)34-5/h6-7,12,14,16,18H,8-11,13,15H2,1-5H3. The van der Waals surface area contributed by atoms with E-state index in [1.807, 2.05) is 17.9 Å². The molecule has 2 amide bonds. The molecule has 2 saturated heterocycles. The van der Waals surface area contributed by atoms with Crippen molar-refractivity contribution in [2.24, 2.45) is 5.92 Å². The van der Waals surface area contributed by atoms with Crippen molar-refractivity contribution in [2.45, 2.75) is 33.1 Å². The molecule has 2 fully saturated rings. The fourth-order valence-electron chi connectivity index (χ4n) is 4.52. The molecule has 0 bridgehead atoms. The van der Waals surface area contributed by atoms with Crippen LogP contribution < -0.4 is 19.3 Å². The summed E-state index contributed by atoms with van der Waals surface area (Å²) >= 11 is 0. The van der Waals surface area contributed by atoms with Gasteiger partial charge in [0.1, 0.15) is 23.1 Å². The van der Waals surface area contributed by atoms with Crippen LogP contribution in [0.2, 0.25) is 0 Å².